The second kappa shape index (κ2) is 5.05. The van der Waals surface area contributed by atoms with Crippen molar-refractivity contribution in [2.75, 3.05) is 11.4 Å². The van der Waals surface area contributed by atoms with Crippen molar-refractivity contribution in [1.82, 2.24) is 4.98 Å². The summed E-state index contributed by atoms with van der Waals surface area (Å²) in [7, 11) is 0. The summed E-state index contributed by atoms with van der Waals surface area (Å²) < 4.78 is 0. The normalized spacial score (nSPS) is 15.5. The summed E-state index contributed by atoms with van der Waals surface area (Å²) in [5.74, 6) is 2.50. The fourth-order valence-corrected chi connectivity index (χ4v) is 1.97. The maximum Gasteiger partial charge on any atom is 0.128 e. The second-order valence-electron chi connectivity index (χ2n) is 4.85. The van der Waals surface area contributed by atoms with Crippen molar-refractivity contribution in [3.05, 3.63) is 23.9 Å². The third-order valence-electron chi connectivity index (χ3n) is 3.03. The minimum atomic E-state index is 0.509. The first kappa shape index (κ1) is 11.7. The van der Waals surface area contributed by atoms with Crippen molar-refractivity contribution in [3.63, 3.8) is 0 Å². The molecule has 0 saturated heterocycles. The van der Waals surface area contributed by atoms with Crippen LogP contribution in [0.4, 0.5) is 5.82 Å². The molecule has 88 valence electrons. The molecule has 1 aliphatic rings. The number of nitrogens with zero attached hydrogens (tertiary/aromatic N) is 2. The van der Waals surface area contributed by atoms with Gasteiger partial charge in [0.15, 0.2) is 0 Å². The van der Waals surface area contributed by atoms with Crippen LogP contribution in [0.3, 0.4) is 0 Å². The van der Waals surface area contributed by atoms with Gasteiger partial charge >= 0.3 is 0 Å². The van der Waals surface area contributed by atoms with E-state index in [1.807, 2.05) is 6.20 Å². The molecule has 0 bridgehead atoms. The molecular formula is C13H19ClN2. The zero-order valence-electron chi connectivity index (χ0n) is 9.99. The molecule has 0 unspecified atom stereocenters. The van der Waals surface area contributed by atoms with E-state index in [1.54, 1.807) is 0 Å². The van der Waals surface area contributed by atoms with E-state index in [4.69, 9.17) is 11.6 Å². The molecule has 1 aromatic heterocycles. The second-order valence-corrected chi connectivity index (χ2v) is 5.12. The van der Waals surface area contributed by atoms with Gasteiger partial charge in [0, 0.05) is 24.7 Å². The number of anilines is 1. The van der Waals surface area contributed by atoms with Gasteiger partial charge in [0.25, 0.3) is 0 Å². The van der Waals surface area contributed by atoms with E-state index >= 15 is 0 Å². The summed E-state index contributed by atoms with van der Waals surface area (Å²) in [5, 5.41) is 0. The molecule has 16 heavy (non-hydrogen) atoms. The number of hydrogen-bond donors (Lipinski definition) is 0. The lowest BCUT2D eigenvalue weighted by Crippen LogP contribution is -2.33. The number of rotatable bonds is 5. The monoisotopic (exact) mass is 238 g/mol. The zero-order valence-corrected chi connectivity index (χ0v) is 10.7. The summed E-state index contributed by atoms with van der Waals surface area (Å²) in [6, 6.07) is 4.66. The fourth-order valence-electron chi connectivity index (χ4n) is 1.81. The van der Waals surface area contributed by atoms with E-state index in [0.29, 0.717) is 11.9 Å². The van der Waals surface area contributed by atoms with E-state index in [1.165, 1.54) is 12.8 Å². The third-order valence-corrected chi connectivity index (χ3v) is 3.34. The first-order chi connectivity index (χ1) is 7.70. The average molecular weight is 239 g/mol. The van der Waals surface area contributed by atoms with Gasteiger partial charge in [0.05, 0.1) is 0 Å². The van der Waals surface area contributed by atoms with E-state index in [2.05, 4.69) is 35.9 Å². The number of halogens is 1. The lowest BCUT2D eigenvalue weighted by atomic mass is 10.2. The van der Waals surface area contributed by atoms with Crippen LogP contribution in [0.5, 0.6) is 0 Å². The van der Waals surface area contributed by atoms with Crippen molar-refractivity contribution < 1.29 is 0 Å². The third kappa shape index (κ3) is 2.88. The molecule has 0 amide bonds. The highest BCUT2D eigenvalue weighted by Gasteiger charge is 2.26. The van der Waals surface area contributed by atoms with Crippen molar-refractivity contribution in [1.29, 1.82) is 0 Å². The van der Waals surface area contributed by atoms with Crippen molar-refractivity contribution in [2.24, 2.45) is 5.92 Å². The highest BCUT2D eigenvalue weighted by molar-refractivity contribution is 6.17. The van der Waals surface area contributed by atoms with Crippen molar-refractivity contribution in [3.8, 4) is 0 Å². The molecule has 2 rings (SSSR count). The van der Waals surface area contributed by atoms with Gasteiger partial charge in [-0.1, -0.05) is 6.07 Å². The molecule has 0 spiro atoms. The Balaban J connectivity index is 2.10. The lowest BCUT2D eigenvalue weighted by Gasteiger charge is -2.28. The number of aromatic nitrogens is 1. The summed E-state index contributed by atoms with van der Waals surface area (Å²) in [6.45, 7) is 5.59. The van der Waals surface area contributed by atoms with Crippen LogP contribution in [0, 0.1) is 5.92 Å². The SMILES string of the molecule is CC(C)N(CC1CC1)c1ccc(CCl)cn1. The molecule has 3 heteroatoms. The molecule has 1 aromatic rings. The predicted octanol–water partition coefficient (Wildman–Crippen LogP) is 3.45. The molecule has 1 saturated carbocycles. The number of alkyl halides is 1. The van der Waals surface area contributed by atoms with E-state index in [0.717, 1.165) is 23.8 Å². The Kier molecular flexibility index (Phi) is 3.70. The van der Waals surface area contributed by atoms with Crippen LogP contribution in [0.15, 0.2) is 18.3 Å². The average Bonchev–Trinajstić information content (AvgIpc) is 3.09. The Morgan fingerprint density at radius 2 is 2.19 bits per heavy atom. The van der Waals surface area contributed by atoms with Crippen molar-refractivity contribution in [2.45, 2.75) is 38.6 Å². The van der Waals surface area contributed by atoms with Gasteiger partial charge in [-0.15, -0.1) is 11.6 Å². The first-order valence-corrected chi connectivity index (χ1v) is 6.51. The van der Waals surface area contributed by atoms with Gasteiger partial charge in [0.2, 0.25) is 0 Å². The minimum Gasteiger partial charge on any atom is -0.354 e. The van der Waals surface area contributed by atoms with Gasteiger partial charge in [-0.05, 0) is 44.2 Å². The summed E-state index contributed by atoms with van der Waals surface area (Å²) in [6.07, 6.45) is 4.64. The Labute approximate surface area is 103 Å². The van der Waals surface area contributed by atoms with Gasteiger partial charge in [-0.25, -0.2) is 4.98 Å². The molecule has 0 radical (unpaired) electrons. The van der Waals surface area contributed by atoms with Crippen LogP contribution in [-0.2, 0) is 5.88 Å². The smallest absolute Gasteiger partial charge is 0.128 e. The van der Waals surface area contributed by atoms with Crippen LogP contribution in [0.1, 0.15) is 32.3 Å². The molecule has 1 aliphatic carbocycles. The van der Waals surface area contributed by atoms with Crippen molar-refractivity contribution >= 4 is 17.4 Å². The molecular weight excluding hydrogens is 220 g/mol. The molecule has 1 fully saturated rings. The van der Waals surface area contributed by atoms with E-state index in [9.17, 15) is 0 Å². The molecule has 0 N–H and O–H groups in total. The Morgan fingerprint density at radius 1 is 1.44 bits per heavy atom. The summed E-state index contributed by atoms with van der Waals surface area (Å²) >= 11 is 5.76. The Bertz CT molecular complexity index is 330. The van der Waals surface area contributed by atoms with Gasteiger partial charge in [-0.2, -0.15) is 0 Å². The molecule has 1 heterocycles. The van der Waals surface area contributed by atoms with E-state index in [-0.39, 0.29) is 0 Å². The highest BCUT2D eigenvalue weighted by atomic mass is 35.5. The lowest BCUT2D eigenvalue weighted by molar-refractivity contribution is 0.636. The van der Waals surface area contributed by atoms with E-state index < -0.39 is 0 Å². The number of pyridine rings is 1. The van der Waals surface area contributed by atoms with Gasteiger partial charge < -0.3 is 4.90 Å². The molecule has 2 nitrogen and oxygen atoms in total. The molecule has 0 aromatic carbocycles. The quantitative estimate of drug-likeness (QED) is 0.731. The maximum atomic E-state index is 5.76. The van der Waals surface area contributed by atoms with Crippen LogP contribution in [0.25, 0.3) is 0 Å². The number of hydrogen-bond acceptors (Lipinski definition) is 2. The maximum absolute atomic E-state index is 5.76. The first-order valence-electron chi connectivity index (χ1n) is 5.98. The van der Waals surface area contributed by atoms with Gasteiger partial charge in [-0.3, -0.25) is 0 Å². The Hall–Kier alpha value is -0.760. The highest BCUT2D eigenvalue weighted by Crippen LogP contribution is 2.31. The topological polar surface area (TPSA) is 16.1 Å². The van der Waals surface area contributed by atoms with Gasteiger partial charge in [0.1, 0.15) is 5.82 Å². The predicted molar refractivity (Wildman–Crippen MR) is 69.0 cm³/mol. The largest absolute Gasteiger partial charge is 0.354 e. The summed E-state index contributed by atoms with van der Waals surface area (Å²) in [5.41, 5.74) is 1.08. The minimum absolute atomic E-state index is 0.509. The zero-order chi connectivity index (χ0) is 11.5. The van der Waals surface area contributed by atoms with Crippen LogP contribution in [0.2, 0.25) is 0 Å². The Morgan fingerprint density at radius 3 is 2.62 bits per heavy atom. The van der Waals surface area contributed by atoms with Crippen LogP contribution >= 0.6 is 11.6 Å². The standard InChI is InChI=1S/C13H19ClN2/c1-10(2)16(9-11-3-4-11)13-6-5-12(7-14)8-15-13/h5-6,8,10-11H,3-4,7,9H2,1-2H3. The molecule has 0 aliphatic heterocycles. The molecule has 0 atom stereocenters. The van der Waals surface area contributed by atoms with Crippen LogP contribution in [-0.4, -0.2) is 17.6 Å². The van der Waals surface area contributed by atoms with Crippen LogP contribution < -0.4 is 4.90 Å². The summed E-state index contributed by atoms with van der Waals surface area (Å²) in [4.78, 5) is 6.88. The fraction of sp³-hybridized carbons (Fsp3) is 0.615.